The van der Waals surface area contributed by atoms with Crippen LogP contribution in [0.3, 0.4) is 0 Å². The molecule has 1 saturated carbocycles. The highest BCUT2D eigenvalue weighted by Gasteiger charge is 2.66. The molecule has 3 rings (SSSR count). The average Bonchev–Trinajstić information content (AvgIpc) is 2.70. The van der Waals surface area contributed by atoms with Crippen molar-refractivity contribution in [3.63, 3.8) is 0 Å². The molecule has 5 nitrogen and oxygen atoms in total. The van der Waals surface area contributed by atoms with Gasteiger partial charge in [-0.05, 0) is 26.2 Å². The normalized spacial score (nSPS) is 47.6. The van der Waals surface area contributed by atoms with Crippen LogP contribution in [0.25, 0.3) is 0 Å². The fourth-order valence-corrected chi connectivity index (χ4v) is 6.66. The first-order valence-electron chi connectivity index (χ1n) is 7.96. The number of nitrogens with one attached hydrogen (secondary N) is 1. The number of fused-ring (bicyclic) bond motifs is 1. The molecule has 4 atom stereocenters. The van der Waals surface area contributed by atoms with Gasteiger partial charge in [0.05, 0.1) is 17.6 Å². The highest BCUT2D eigenvalue weighted by molar-refractivity contribution is 7.91. The van der Waals surface area contributed by atoms with Crippen molar-refractivity contribution in [1.82, 2.24) is 5.32 Å². The lowest BCUT2D eigenvalue weighted by Gasteiger charge is -2.67. The molecule has 0 aromatic rings. The predicted molar refractivity (Wildman–Crippen MR) is 82.8 cm³/mol. The van der Waals surface area contributed by atoms with Crippen molar-refractivity contribution in [2.24, 2.45) is 17.1 Å². The van der Waals surface area contributed by atoms with Crippen molar-refractivity contribution in [2.75, 3.05) is 24.7 Å². The van der Waals surface area contributed by atoms with Crippen LogP contribution < -0.4 is 11.1 Å². The topological polar surface area (TPSA) is 81.4 Å². The Labute approximate surface area is 127 Å². The van der Waals surface area contributed by atoms with Crippen LogP contribution in [0.4, 0.5) is 0 Å². The molecule has 6 heteroatoms. The van der Waals surface area contributed by atoms with Crippen molar-refractivity contribution in [3.05, 3.63) is 0 Å². The molecule has 1 aliphatic carbocycles. The molecule has 0 radical (unpaired) electrons. The summed E-state index contributed by atoms with van der Waals surface area (Å²) in [6, 6.07) is 0. The van der Waals surface area contributed by atoms with Gasteiger partial charge in [0.25, 0.3) is 0 Å². The first-order valence-corrected chi connectivity index (χ1v) is 9.78. The number of ether oxygens (including phenoxy) is 1. The second-order valence-corrected chi connectivity index (χ2v) is 10.2. The molecule has 0 spiro atoms. The molecule has 2 heterocycles. The fourth-order valence-electron chi connectivity index (χ4n) is 4.53. The number of hydrogen-bond acceptors (Lipinski definition) is 5. The van der Waals surface area contributed by atoms with Gasteiger partial charge in [-0.25, -0.2) is 8.42 Å². The smallest absolute Gasteiger partial charge is 0.152 e. The van der Waals surface area contributed by atoms with Crippen molar-refractivity contribution in [1.29, 1.82) is 0 Å². The van der Waals surface area contributed by atoms with Gasteiger partial charge in [-0.3, -0.25) is 0 Å². The van der Waals surface area contributed by atoms with Crippen LogP contribution in [0.2, 0.25) is 0 Å². The van der Waals surface area contributed by atoms with Gasteiger partial charge >= 0.3 is 0 Å². The zero-order chi connectivity index (χ0) is 15.5. The summed E-state index contributed by atoms with van der Waals surface area (Å²) in [6.45, 7) is 7.85. The zero-order valence-corrected chi connectivity index (χ0v) is 14.1. The maximum atomic E-state index is 11.7. The van der Waals surface area contributed by atoms with Gasteiger partial charge in [-0.1, -0.05) is 13.8 Å². The molecule has 122 valence electrons. The molecule has 4 unspecified atom stereocenters. The second kappa shape index (κ2) is 4.66. The van der Waals surface area contributed by atoms with Crippen LogP contribution in [0.5, 0.6) is 0 Å². The Hall–Kier alpha value is -0.170. The molecular formula is C15H28N2O3S. The van der Waals surface area contributed by atoms with E-state index in [1.54, 1.807) is 0 Å². The second-order valence-electron chi connectivity index (χ2n) is 8.06. The van der Waals surface area contributed by atoms with E-state index in [4.69, 9.17) is 10.5 Å². The summed E-state index contributed by atoms with van der Waals surface area (Å²) in [5.74, 6) is 0.892. The lowest BCUT2D eigenvalue weighted by atomic mass is 9.46. The molecule has 2 aliphatic heterocycles. The molecule has 3 aliphatic rings. The Morgan fingerprint density at radius 3 is 2.67 bits per heavy atom. The van der Waals surface area contributed by atoms with Crippen LogP contribution in [-0.4, -0.2) is 50.3 Å². The van der Waals surface area contributed by atoms with Gasteiger partial charge in [0.15, 0.2) is 9.84 Å². The maximum absolute atomic E-state index is 11.7. The number of rotatable bonds is 3. The van der Waals surface area contributed by atoms with Gasteiger partial charge in [0.1, 0.15) is 0 Å². The minimum atomic E-state index is -2.89. The van der Waals surface area contributed by atoms with Crippen molar-refractivity contribution in [3.8, 4) is 0 Å². The van der Waals surface area contributed by atoms with Crippen molar-refractivity contribution >= 4 is 9.84 Å². The summed E-state index contributed by atoms with van der Waals surface area (Å²) in [4.78, 5) is 0. The van der Waals surface area contributed by atoms with E-state index in [-0.39, 0.29) is 34.1 Å². The third-order valence-corrected chi connectivity index (χ3v) is 8.11. The Kier molecular flexibility index (Phi) is 3.49. The van der Waals surface area contributed by atoms with Crippen LogP contribution in [0, 0.1) is 11.3 Å². The number of hydrogen-bond donors (Lipinski definition) is 2. The lowest BCUT2D eigenvalue weighted by Crippen LogP contribution is -2.81. The van der Waals surface area contributed by atoms with Gasteiger partial charge < -0.3 is 15.8 Å². The van der Waals surface area contributed by atoms with E-state index in [9.17, 15) is 8.42 Å². The third kappa shape index (κ3) is 2.35. The summed E-state index contributed by atoms with van der Waals surface area (Å²) in [7, 11) is -2.89. The van der Waals surface area contributed by atoms with Crippen molar-refractivity contribution < 1.29 is 13.2 Å². The molecule has 0 amide bonds. The van der Waals surface area contributed by atoms with Gasteiger partial charge in [-0.2, -0.15) is 0 Å². The highest BCUT2D eigenvalue weighted by atomic mass is 32.2. The summed E-state index contributed by atoms with van der Waals surface area (Å²) in [6.07, 6.45) is 3.11. The summed E-state index contributed by atoms with van der Waals surface area (Å²) < 4.78 is 29.4. The monoisotopic (exact) mass is 316 g/mol. The summed E-state index contributed by atoms with van der Waals surface area (Å²) in [5.41, 5.74) is 6.03. The minimum Gasteiger partial charge on any atom is -0.377 e. The molecule has 0 bridgehead atoms. The molecule has 2 saturated heterocycles. The van der Waals surface area contributed by atoms with Crippen molar-refractivity contribution in [2.45, 2.75) is 57.2 Å². The molecule has 0 aromatic carbocycles. The Morgan fingerprint density at radius 2 is 2.05 bits per heavy atom. The first kappa shape index (κ1) is 15.7. The third-order valence-electron chi connectivity index (χ3n) is 6.21. The molecule has 3 N–H and O–H groups in total. The standard InChI is InChI=1S/C15H28N2O3S/c1-13(2)12-11(5-4-7-20-12)15(13,16)9-17-14(3)6-8-21(18,19)10-14/h11-12,17H,4-10,16H2,1-3H3. The molecule has 3 fully saturated rings. The van der Waals surface area contributed by atoms with E-state index in [1.807, 2.05) is 6.92 Å². The number of sulfone groups is 1. The molecular weight excluding hydrogens is 288 g/mol. The van der Waals surface area contributed by atoms with E-state index in [2.05, 4.69) is 19.2 Å². The van der Waals surface area contributed by atoms with Gasteiger partial charge in [0.2, 0.25) is 0 Å². The SMILES string of the molecule is CC1(NCC2(N)C3CCCOC3C2(C)C)CCS(=O)(=O)C1. The summed E-state index contributed by atoms with van der Waals surface area (Å²) >= 11 is 0. The first-order chi connectivity index (χ1) is 9.60. The quantitative estimate of drug-likeness (QED) is 0.800. The summed E-state index contributed by atoms with van der Waals surface area (Å²) in [5, 5.41) is 3.48. The highest BCUT2D eigenvalue weighted by Crippen LogP contribution is 2.57. The number of nitrogens with two attached hydrogens (primary N) is 1. The van der Waals surface area contributed by atoms with E-state index in [0.717, 1.165) is 19.4 Å². The van der Waals surface area contributed by atoms with E-state index >= 15 is 0 Å². The Morgan fingerprint density at radius 1 is 1.33 bits per heavy atom. The molecule has 21 heavy (non-hydrogen) atoms. The van der Waals surface area contributed by atoms with Gasteiger partial charge in [0, 0.05) is 35.6 Å². The predicted octanol–water partition coefficient (Wildman–Crippen LogP) is 0.686. The van der Waals surface area contributed by atoms with Crippen LogP contribution in [-0.2, 0) is 14.6 Å². The lowest BCUT2D eigenvalue weighted by molar-refractivity contribution is -0.226. The maximum Gasteiger partial charge on any atom is 0.152 e. The van der Waals surface area contributed by atoms with Crippen LogP contribution in [0.15, 0.2) is 0 Å². The Bertz CT molecular complexity index is 533. The minimum absolute atomic E-state index is 0.0705. The Balaban J connectivity index is 1.70. The largest absolute Gasteiger partial charge is 0.377 e. The fraction of sp³-hybridized carbons (Fsp3) is 1.00. The van der Waals surface area contributed by atoms with Crippen LogP contribution >= 0.6 is 0 Å². The zero-order valence-electron chi connectivity index (χ0n) is 13.3. The van der Waals surface area contributed by atoms with E-state index < -0.39 is 9.84 Å². The average molecular weight is 316 g/mol. The van der Waals surface area contributed by atoms with Gasteiger partial charge in [-0.15, -0.1) is 0 Å². The van der Waals surface area contributed by atoms with E-state index in [0.29, 0.717) is 18.9 Å². The van der Waals surface area contributed by atoms with E-state index in [1.165, 1.54) is 0 Å². The molecule has 0 aromatic heterocycles. The van der Waals surface area contributed by atoms with Crippen LogP contribution in [0.1, 0.15) is 40.0 Å².